The molecule has 0 radical (unpaired) electrons. The van der Waals surface area contributed by atoms with Crippen molar-refractivity contribution < 1.29 is 0 Å². The molecule has 0 atom stereocenters. The first-order chi connectivity index (χ1) is 10.9. The zero-order valence-electron chi connectivity index (χ0n) is 13.8. The van der Waals surface area contributed by atoms with E-state index < -0.39 is 0 Å². The Bertz CT molecular complexity index is 924. The lowest BCUT2D eigenvalue weighted by atomic mass is 10.3. The summed E-state index contributed by atoms with van der Waals surface area (Å²) in [6, 6.07) is 3.45. The highest BCUT2D eigenvalue weighted by Gasteiger charge is 2.10. The van der Waals surface area contributed by atoms with Crippen LogP contribution in [0.25, 0.3) is 5.65 Å². The van der Waals surface area contributed by atoms with Crippen LogP contribution >= 0.6 is 0 Å². The van der Waals surface area contributed by atoms with Gasteiger partial charge < -0.3 is 10.3 Å². The summed E-state index contributed by atoms with van der Waals surface area (Å²) in [5.74, 6) is 1.57. The van der Waals surface area contributed by atoms with Crippen LogP contribution in [-0.2, 0) is 6.42 Å². The van der Waals surface area contributed by atoms with Gasteiger partial charge in [0.15, 0.2) is 5.65 Å². The Morgan fingerprint density at radius 3 is 2.61 bits per heavy atom. The van der Waals surface area contributed by atoms with E-state index in [0.717, 1.165) is 34.1 Å². The van der Waals surface area contributed by atoms with Gasteiger partial charge in [-0.05, 0) is 27.7 Å². The molecule has 7 heteroatoms. The molecular weight excluding hydrogens is 292 g/mol. The van der Waals surface area contributed by atoms with Crippen molar-refractivity contribution in [3.8, 4) is 0 Å². The minimum absolute atomic E-state index is 0.118. The summed E-state index contributed by atoms with van der Waals surface area (Å²) in [6.45, 7) is 8.42. The number of anilines is 1. The second-order valence-corrected chi connectivity index (χ2v) is 5.74. The summed E-state index contributed by atoms with van der Waals surface area (Å²) in [5, 5.41) is 7.88. The van der Waals surface area contributed by atoms with Crippen LogP contribution in [-0.4, -0.2) is 31.1 Å². The van der Waals surface area contributed by atoms with E-state index >= 15 is 0 Å². The van der Waals surface area contributed by atoms with E-state index in [2.05, 4.69) is 25.4 Å². The van der Waals surface area contributed by atoms with Crippen LogP contribution in [0.3, 0.4) is 0 Å². The summed E-state index contributed by atoms with van der Waals surface area (Å²) in [5.41, 5.74) is 4.46. The number of aryl methyl sites for hydroxylation is 4. The molecule has 7 nitrogen and oxygen atoms in total. The van der Waals surface area contributed by atoms with Crippen molar-refractivity contribution in [2.75, 3.05) is 11.9 Å². The number of nitrogens with zero attached hydrogens (tertiary/aromatic N) is 4. The second-order valence-electron chi connectivity index (χ2n) is 5.74. The lowest BCUT2D eigenvalue weighted by Gasteiger charge is -2.09. The van der Waals surface area contributed by atoms with Gasteiger partial charge in [0.25, 0.3) is 5.56 Å². The van der Waals surface area contributed by atoms with Gasteiger partial charge in [0.2, 0.25) is 0 Å². The van der Waals surface area contributed by atoms with Gasteiger partial charge in [0, 0.05) is 42.0 Å². The van der Waals surface area contributed by atoms with Gasteiger partial charge in [-0.25, -0.2) is 9.97 Å². The molecule has 0 saturated carbocycles. The quantitative estimate of drug-likeness (QED) is 0.765. The van der Waals surface area contributed by atoms with E-state index in [1.54, 1.807) is 0 Å². The van der Waals surface area contributed by atoms with Crippen LogP contribution in [0, 0.1) is 27.7 Å². The first kappa shape index (κ1) is 15.2. The number of hydrogen-bond acceptors (Lipinski definition) is 5. The molecule has 0 amide bonds. The maximum absolute atomic E-state index is 11.5. The molecule has 3 aromatic rings. The molecule has 0 saturated heterocycles. The number of rotatable bonds is 4. The van der Waals surface area contributed by atoms with Gasteiger partial charge in [0.05, 0.1) is 5.69 Å². The summed E-state index contributed by atoms with van der Waals surface area (Å²) in [6.07, 6.45) is 0.624. The molecule has 23 heavy (non-hydrogen) atoms. The summed E-state index contributed by atoms with van der Waals surface area (Å²) >= 11 is 0. The number of nitrogens with one attached hydrogen (secondary N) is 2. The standard InChI is InChI=1S/C16H20N6O/c1-9-7-14(22-16(19-9)11(3)12(4)21-22)17-6-5-13-18-10(2)8-15(23)20-13/h7-8,17H,5-6H2,1-4H3,(H,18,20,23). The van der Waals surface area contributed by atoms with Gasteiger partial charge in [-0.1, -0.05) is 0 Å². The topological polar surface area (TPSA) is 88.0 Å². The third kappa shape index (κ3) is 3.08. The van der Waals surface area contributed by atoms with Crippen LogP contribution in [0.2, 0.25) is 0 Å². The molecule has 0 unspecified atom stereocenters. The molecule has 0 aliphatic heterocycles. The maximum Gasteiger partial charge on any atom is 0.251 e. The second kappa shape index (κ2) is 5.83. The van der Waals surface area contributed by atoms with Crippen molar-refractivity contribution in [2.45, 2.75) is 34.1 Å². The molecule has 0 aliphatic carbocycles. The molecule has 3 aromatic heterocycles. The Morgan fingerprint density at radius 2 is 1.87 bits per heavy atom. The van der Waals surface area contributed by atoms with Crippen molar-refractivity contribution >= 4 is 11.5 Å². The number of aromatic amines is 1. The number of aromatic nitrogens is 5. The lowest BCUT2D eigenvalue weighted by molar-refractivity contribution is 0.845. The van der Waals surface area contributed by atoms with Crippen LogP contribution < -0.4 is 10.9 Å². The van der Waals surface area contributed by atoms with Gasteiger partial charge >= 0.3 is 0 Å². The predicted molar refractivity (Wildman–Crippen MR) is 89.0 cm³/mol. The Morgan fingerprint density at radius 1 is 1.13 bits per heavy atom. The Kier molecular flexibility index (Phi) is 3.85. The van der Waals surface area contributed by atoms with Gasteiger partial charge in [-0.3, -0.25) is 4.79 Å². The third-order valence-corrected chi connectivity index (χ3v) is 3.77. The normalized spacial score (nSPS) is 11.1. The minimum atomic E-state index is -0.118. The molecular formula is C16H20N6O. The van der Waals surface area contributed by atoms with E-state index in [0.29, 0.717) is 18.8 Å². The fraction of sp³-hybridized carbons (Fsp3) is 0.375. The smallest absolute Gasteiger partial charge is 0.251 e. The highest BCUT2D eigenvalue weighted by Crippen LogP contribution is 2.18. The fourth-order valence-electron chi connectivity index (χ4n) is 2.54. The van der Waals surface area contributed by atoms with Gasteiger partial charge in [0.1, 0.15) is 11.6 Å². The first-order valence-corrected chi connectivity index (χ1v) is 7.58. The third-order valence-electron chi connectivity index (χ3n) is 3.77. The average Bonchev–Trinajstić information content (AvgIpc) is 2.74. The molecule has 0 aromatic carbocycles. The minimum Gasteiger partial charge on any atom is -0.369 e. The SMILES string of the molecule is Cc1cc(=O)[nH]c(CCNc2cc(C)nc3c(C)c(C)nn23)n1. The van der Waals surface area contributed by atoms with E-state index in [1.165, 1.54) is 6.07 Å². The Labute approximate surface area is 133 Å². The van der Waals surface area contributed by atoms with Crippen LogP contribution in [0.4, 0.5) is 5.82 Å². The fourth-order valence-corrected chi connectivity index (χ4v) is 2.54. The number of H-pyrrole nitrogens is 1. The largest absolute Gasteiger partial charge is 0.369 e. The highest BCUT2D eigenvalue weighted by molar-refractivity contribution is 5.55. The van der Waals surface area contributed by atoms with E-state index in [9.17, 15) is 4.79 Å². The molecule has 3 heterocycles. The lowest BCUT2D eigenvalue weighted by Crippen LogP contribution is -2.16. The molecule has 0 fully saturated rings. The number of fused-ring (bicyclic) bond motifs is 1. The van der Waals surface area contributed by atoms with Crippen molar-refractivity contribution in [3.63, 3.8) is 0 Å². The summed E-state index contributed by atoms with van der Waals surface area (Å²) in [7, 11) is 0. The van der Waals surface area contributed by atoms with Gasteiger partial charge in [-0.2, -0.15) is 9.61 Å². The van der Waals surface area contributed by atoms with E-state index in [1.807, 2.05) is 38.3 Å². The van der Waals surface area contributed by atoms with E-state index in [-0.39, 0.29) is 5.56 Å². The van der Waals surface area contributed by atoms with Crippen molar-refractivity contribution in [2.24, 2.45) is 0 Å². The summed E-state index contributed by atoms with van der Waals surface area (Å²) < 4.78 is 1.82. The summed E-state index contributed by atoms with van der Waals surface area (Å²) in [4.78, 5) is 23.1. The number of hydrogen-bond donors (Lipinski definition) is 2. The first-order valence-electron chi connectivity index (χ1n) is 7.58. The average molecular weight is 312 g/mol. The zero-order valence-corrected chi connectivity index (χ0v) is 13.8. The Hall–Kier alpha value is -2.70. The predicted octanol–water partition coefficient (Wildman–Crippen LogP) is 1.70. The molecule has 0 bridgehead atoms. The Balaban J connectivity index is 1.82. The van der Waals surface area contributed by atoms with Crippen LogP contribution in [0.15, 0.2) is 16.9 Å². The molecule has 0 aliphatic rings. The van der Waals surface area contributed by atoms with Crippen molar-refractivity contribution in [1.29, 1.82) is 0 Å². The molecule has 0 spiro atoms. The maximum atomic E-state index is 11.5. The monoisotopic (exact) mass is 312 g/mol. The molecule has 3 rings (SSSR count). The van der Waals surface area contributed by atoms with Crippen LogP contribution in [0.5, 0.6) is 0 Å². The highest BCUT2D eigenvalue weighted by atomic mass is 16.1. The van der Waals surface area contributed by atoms with Crippen LogP contribution in [0.1, 0.15) is 28.5 Å². The molecule has 120 valence electrons. The van der Waals surface area contributed by atoms with Crippen molar-refractivity contribution in [3.05, 3.63) is 51.0 Å². The molecule has 2 N–H and O–H groups in total. The van der Waals surface area contributed by atoms with E-state index in [4.69, 9.17) is 0 Å². The van der Waals surface area contributed by atoms with Gasteiger partial charge in [-0.15, -0.1) is 0 Å². The van der Waals surface area contributed by atoms with Crippen molar-refractivity contribution in [1.82, 2.24) is 24.6 Å². The zero-order chi connectivity index (χ0) is 16.6.